The second-order valence-electron chi connectivity index (χ2n) is 12.3. The van der Waals surface area contributed by atoms with Crippen LogP contribution in [0.4, 0.5) is 0 Å². The van der Waals surface area contributed by atoms with Gasteiger partial charge in [-0.15, -0.1) is 0 Å². The van der Waals surface area contributed by atoms with E-state index in [1.807, 2.05) is 60.7 Å². The van der Waals surface area contributed by atoms with Crippen molar-refractivity contribution < 1.29 is 0 Å². The van der Waals surface area contributed by atoms with Crippen molar-refractivity contribution in [3.05, 3.63) is 102 Å². The number of hydrogen-bond acceptors (Lipinski definition) is 4. The van der Waals surface area contributed by atoms with Gasteiger partial charge >= 0.3 is 0 Å². The molecule has 0 atom stereocenters. The molecule has 0 amide bonds. The van der Waals surface area contributed by atoms with E-state index in [9.17, 15) is 5.26 Å². The van der Waals surface area contributed by atoms with E-state index in [4.69, 9.17) is 15.0 Å². The Morgan fingerprint density at radius 1 is 0.600 bits per heavy atom. The van der Waals surface area contributed by atoms with Gasteiger partial charge in [0, 0.05) is 16.7 Å². The molecule has 0 spiro atoms. The van der Waals surface area contributed by atoms with Crippen LogP contribution < -0.4 is 0 Å². The van der Waals surface area contributed by atoms with Crippen LogP contribution in [0.3, 0.4) is 0 Å². The first kappa shape index (κ1) is 23.5. The van der Waals surface area contributed by atoms with E-state index in [1.54, 1.807) is 0 Å². The van der Waals surface area contributed by atoms with Gasteiger partial charge in [0.2, 0.25) is 0 Å². The van der Waals surface area contributed by atoms with Crippen LogP contribution >= 0.6 is 0 Å². The Kier molecular flexibility index (Phi) is 5.35. The number of nitriles is 1. The van der Waals surface area contributed by atoms with Crippen LogP contribution in [0.2, 0.25) is 0 Å². The number of nitrogens with zero attached hydrogens (tertiary/aromatic N) is 4. The largest absolute Gasteiger partial charge is 0.208 e. The maximum Gasteiger partial charge on any atom is 0.164 e. The van der Waals surface area contributed by atoms with Crippen molar-refractivity contribution in [3.8, 4) is 40.2 Å². The fraction of sp³-hybridized carbons (Fsp3) is 0.278. The molecule has 0 N–H and O–H groups in total. The minimum absolute atomic E-state index is 0.375. The molecule has 0 radical (unpaired) electrons. The summed E-state index contributed by atoms with van der Waals surface area (Å²) in [4.78, 5) is 14.8. The van der Waals surface area contributed by atoms with E-state index in [-0.39, 0.29) is 0 Å². The van der Waals surface area contributed by atoms with Gasteiger partial charge in [0.05, 0.1) is 11.6 Å². The summed E-state index contributed by atoms with van der Waals surface area (Å²) in [6.45, 7) is 0. The third-order valence-electron chi connectivity index (χ3n) is 9.72. The molecule has 0 saturated heterocycles. The fourth-order valence-corrected chi connectivity index (χ4v) is 8.31. The van der Waals surface area contributed by atoms with Crippen molar-refractivity contribution in [1.29, 1.82) is 5.26 Å². The summed E-state index contributed by atoms with van der Waals surface area (Å²) < 4.78 is 0. The van der Waals surface area contributed by atoms with E-state index in [0.717, 1.165) is 45.2 Å². The SMILES string of the molecule is N#Cc1cccc2cc(-c3nc(-c4ccccc4)nc(-c4ccc(C56C[C@H]7C[C@@H](C5)C[C@@H](C6)C7)cc4)n3)ccc12. The summed E-state index contributed by atoms with van der Waals surface area (Å²) >= 11 is 0. The Morgan fingerprint density at radius 3 is 1.80 bits per heavy atom. The summed E-state index contributed by atoms with van der Waals surface area (Å²) in [5, 5.41) is 11.5. The van der Waals surface area contributed by atoms with Crippen molar-refractivity contribution in [1.82, 2.24) is 15.0 Å². The van der Waals surface area contributed by atoms with Crippen molar-refractivity contribution >= 4 is 10.8 Å². The smallest absolute Gasteiger partial charge is 0.164 e. The molecule has 0 aliphatic heterocycles. The van der Waals surface area contributed by atoms with E-state index in [1.165, 1.54) is 44.1 Å². The average molecular weight is 519 g/mol. The van der Waals surface area contributed by atoms with Gasteiger partial charge in [-0.1, -0.05) is 78.9 Å². The Balaban J connectivity index is 1.21. The van der Waals surface area contributed by atoms with Gasteiger partial charge in [0.15, 0.2) is 17.5 Å². The number of aromatic nitrogens is 3. The van der Waals surface area contributed by atoms with Gasteiger partial charge in [0.1, 0.15) is 0 Å². The lowest BCUT2D eigenvalue weighted by Crippen LogP contribution is -2.48. The molecule has 4 aromatic carbocycles. The predicted molar refractivity (Wildman–Crippen MR) is 158 cm³/mol. The van der Waals surface area contributed by atoms with Crippen LogP contribution in [-0.2, 0) is 5.41 Å². The van der Waals surface area contributed by atoms with Crippen LogP contribution in [-0.4, -0.2) is 15.0 Å². The lowest BCUT2D eigenvalue weighted by atomic mass is 9.48. The van der Waals surface area contributed by atoms with E-state index in [2.05, 4.69) is 36.4 Å². The zero-order valence-corrected chi connectivity index (χ0v) is 22.4. The first-order valence-corrected chi connectivity index (χ1v) is 14.5. The first-order valence-electron chi connectivity index (χ1n) is 14.5. The molecule has 194 valence electrons. The second-order valence-corrected chi connectivity index (χ2v) is 12.3. The maximum atomic E-state index is 9.53. The van der Waals surface area contributed by atoms with Gasteiger partial charge < -0.3 is 0 Å². The van der Waals surface area contributed by atoms with E-state index in [0.29, 0.717) is 28.5 Å². The minimum atomic E-state index is 0.375. The number of hydrogen-bond donors (Lipinski definition) is 0. The summed E-state index contributed by atoms with van der Waals surface area (Å²) in [6, 6.07) is 33.4. The van der Waals surface area contributed by atoms with Crippen LogP contribution in [0.5, 0.6) is 0 Å². The lowest BCUT2D eigenvalue weighted by Gasteiger charge is -2.57. The van der Waals surface area contributed by atoms with Gasteiger partial charge in [-0.25, -0.2) is 15.0 Å². The van der Waals surface area contributed by atoms with Crippen molar-refractivity contribution in [2.45, 2.75) is 43.9 Å². The summed E-state index contributed by atoms with van der Waals surface area (Å²) in [6.07, 6.45) is 8.46. The molecule has 1 aromatic heterocycles. The first-order chi connectivity index (χ1) is 19.7. The van der Waals surface area contributed by atoms with Gasteiger partial charge in [-0.3, -0.25) is 0 Å². The van der Waals surface area contributed by atoms with Crippen molar-refractivity contribution in [2.24, 2.45) is 17.8 Å². The number of fused-ring (bicyclic) bond motifs is 1. The highest BCUT2D eigenvalue weighted by Gasteiger charge is 2.51. The van der Waals surface area contributed by atoms with Gasteiger partial charge in [0.25, 0.3) is 0 Å². The summed E-state index contributed by atoms with van der Waals surface area (Å²) in [7, 11) is 0. The standard InChI is InChI=1S/C36H30N4/c37-22-30-8-4-7-28-18-29(11-14-32(28)30)35-39-33(26-5-2-1-3-6-26)38-34(40-35)27-9-12-31(13-10-27)36-19-23-15-24(20-36)17-25(16-23)21-36/h1-14,18,23-25H,15-17,19-21H2/t23-,24+,25-,36?. The molecule has 4 aliphatic rings. The normalized spacial score (nSPS) is 24.7. The van der Waals surface area contributed by atoms with Crippen LogP contribution in [0.25, 0.3) is 44.9 Å². The molecular formula is C36H30N4. The highest BCUT2D eigenvalue weighted by molar-refractivity contribution is 5.91. The Hall–Kier alpha value is -4.36. The molecule has 4 aliphatic carbocycles. The Morgan fingerprint density at radius 2 is 1.18 bits per heavy atom. The van der Waals surface area contributed by atoms with Crippen molar-refractivity contribution in [2.75, 3.05) is 0 Å². The molecule has 40 heavy (non-hydrogen) atoms. The fourth-order valence-electron chi connectivity index (χ4n) is 8.31. The highest BCUT2D eigenvalue weighted by atomic mass is 15.0. The monoisotopic (exact) mass is 518 g/mol. The Labute approximate surface area is 234 Å². The Bertz CT molecular complexity index is 1750. The molecule has 4 nitrogen and oxygen atoms in total. The molecular weight excluding hydrogens is 488 g/mol. The number of benzene rings is 4. The lowest BCUT2D eigenvalue weighted by molar-refractivity contribution is -0.00518. The molecule has 1 heterocycles. The molecule has 5 aromatic rings. The molecule has 0 unspecified atom stereocenters. The number of rotatable bonds is 4. The second kappa shape index (κ2) is 9.10. The van der Waals surface area contributed by atoms with Crippen LogP contribution in [0.15, 0.2) is 91.0 Å². The molecule has 4 bridgehead atoms. The molecule has 4 fully saturated rings. The zero-order chi connectivity index (χ0) is 26.7. The average Bonchev–Trinajstić information content (AvgIpc) is 3.00. The maximum absolute atomic E-state index is 9.53. The zero-order valence-electron chi connectivity index (χ0n) is 22.4. The third kappa shape index (κ3) is 3.92. The summed E-state index contributed by atoms with van der Waals surface area (Å²) in [5.74, 6) is 4.77. The minimum Gasteiger partial charge on any atom is -0.208 e. The summed E-state index contributed by atoms with van der Waals surface area (Å²) in [5.41, 5.74) is 5.45. The van der Waals surface area contributed by atoms with Gasteiger partial charge in [-0.05, 0) is 90.2 Å². The van der Waals surface area contributed by atoms with Gasteiger partial charge in [-0.2, -0.15) is 5.26 Å². The van der Waals surface area contributed by atoms with Crippen LogP contribution in [0, 0.1) is 29.1 Å². The topological polar surface area (TPSA) is 62.5 Å². The van der Waals surface area contributed by atoms with Crippen LogP contribution in [0.1, 0.15) is 49.7 Å². The third-order valence-corrected chi connectivity index (χ3v) is 9.72. The van der Waals surface area contributed by atoms with E-state index >= 15 is 0 Å². The molecule has 4 heteroatoms. The quantitative estimate of drug-likeness (QED) is 0.240. The van der Waals surface area contributed by atoms with E-state index < -0.39 is 0 Å². The highest BCUT2D eigenvalue weighted by Crippen LogP contribution is 2.60. The van der Waals surface area contributed by atoms with Crippen molar-refractivity contribution in [3.63, 3.8) is 0 Å². The predicted octanol–water partition coefficient (Wildman–Crippen LogP) is 8.37. The molecule has 9 rings (SSSR count). The molecule has 4 saturated carbocycles.